The summed E-state index contributed by atoms with van der Waals surface area (Å²) in [6, 6.07) is 0. The molecule has 3 aliphatic rings. The van der Waals surface area contributed by atoms with Gasteiger partial charge in [-0.2, -0.15) is 0 Å². The molecule has 19 heavy (non-hydrogen) atoms. The van der Waals surface area contributed by atoms with E-state index in [-0.39, 0.29) is 0 Å². The summed E-state index contributed by atoms with van der Waals surface area (Å²) in [5.41, 5.74) is 0. The third-order valence-electron chi connectivity index (χ3n) is 3.39. The molecule has 0 aromatic carbocycles. The van der Waals surface area contributed by atoms with Gasteiger partial charge in [-0.3, -0.25) is 0 Å². The van der Waals surface area contributed by atoms with Crippen LogP contribution < -0.4 is 0 Å². The summed E-state index contributed by atoms with van der Waals surface area (Å²) in [6.45, 7) is 8.02. The van der Waals surface area contributed by atoms with Crippen molar-refractivity contribution in [2.24, 2.45) is 0 Å². The average Bonchev–Trinajstić information content (AvgIpc) is 2.53. The van der Waals surface area contributed by atoms with Gasteiger partial charge < -0.3 is 19.1 Å². The molecular formula is C15H31NO3. The molecule has 3 fully saturated rings. The molecule has 3 aliphatic heterocycles. The van der Waals surface area contributed by atoms with Crippen molar-refractivity contribution in [3.8, 4) is 0 Å². The molecule has 0 atom stereocenters. The van der Waals surface area contributed by atoms with Crippen molar-refractivity contribution >= 4 is 0 Å². The number of likely N-dealkylation sites (N-methyl/N-ethyl adjacent to an activating group) is 1. The van der Waals surface area contributed by atoms with Gasteiger partial charge in [0.15, 0.2) is 0 Å². The number of ether oxygens (including phenoxy) is 3. The number of morpholine rings is 1. The minimum Gasteiger partial charge on any atom is -0.381 e. The predicted molar refractivity (Wildman–Crippen MR) is 77.7 cm³/mol. The lowest BCUT2D eigenvalue weighted by Crippen LogP contribution is -2.32. The summed E-state index contributed by atoms with van der Waals surface area (Å²) < 4.78 is 15.2. The Bertz CT molecular complexity index is 141. The Hall–Kier alpha value is -0.160. The van der Waals surface area contributed by atoms with Crippen LogP contribution in [0.3, 0.4) is 0 Å². The second kappa shape index (κ2) is 12.9. The summed E-state index contributed by atoms with van der Waals surface area (Å²) in [7, 11) is 2.11. The third-order valence-corrected chi connectivity index (χ3v) is 3.39. The molecular weight excluding hydrogens is 242 g/mol. The van der Waals surface area contributed by atoms with Crippen LogP contribution in [-0.2, 0) is 14.2 Å². The lowest BCUT2D eigenvalue weighted by Gasteiger charge is -2.21. The zero-order chi connectivity index (χ0) is 13.6. The van der Waals surface area contributed by atoms with Crippen LogP contribution in [0, 0.1) is 0 Å². The normalized spacial score (nSPS) is 24.5. The molecule has 0 saturated carbocycles. The molecule has 0 spiro atoms. The Kier molecular flexibility index (Phi) is 11.4. The van der Waals surface area contributed by atoms with E-state index in [0.717, 1.165) is 52.7 Å². The van der Waals surface area contributed by atoms with E-state index in [9.17, 15) is 0 Å². The van der Waals surface area contributed by atoms with E-state index in [1.807, 2.05) is 0 Å². The van der Waals surface area contributed by atoms with Gasteiger partial charge in [-0.1, -0.05) is 0 Å². The van der Waals surface area contributed by atoms with Crippen LogP contribution in [0.4, 0.5) is 0 Å². The topological polar surface area (TPSA) is 30.9 Å². The maximum absolute atomic E-state index is 5.10. The third kappa shape index (κ3) is 11.4. The van der Waals surface area contributed by atoms with Crippen LogP contribution >= 0.6 is 0 Å². The van der Waals surface area contributed by atoms with Gasteiger partial charge >= 0.3 is 0 Å². The van der Waals surface area contributed by atoms with E-state index in [0.29, 0.717) is 0 Å². The van der Waals surface area contributed by atoms with Crippen molar-refractivity contribution in [2.75, 3.05) is 59.8 Å². The molecule has 4 nitrogen and oxygen atoms in total. The minimum absolute atomic E-state index is 0.913. The van der Waals surface area contributed by atoms with Crippen molar-refractivity contribution in [1.29, 1.82) is 0 Å². The second-order valence-corrected chi connectivity index (χ2v) is 5.26. The zero-order valence-electron chi connectivity index (χ0n) is 12.6. The lowest BCUT2D eigenvalue weighted by atomic mass is 10.2. The van der Waals surface area contributed by atoms with Gasteiger partial charge in [0.05, 0.1) is 13.2 Å². The van der Waals surface area contributed by atoms with E-state index in [1.54, 1.807) is 0 Å². The highest BCUT2D eigenvalue weighted by molar-refractivity contribution is 4.53. The number of nitrogens with zero attached hydrogens (tertiary/aromatic N) is 1. The largest absolute Gasteiger partial charge is 0.381 e. The number of rotatable bonds is 0. The molecule has 3 rings (SSSR count). The van der Waals surface area contributed by atoms with Gasteiger partial charge in [0.25, 0.3) is 0 Å². The van der Waals surface area contributed by atoms with Gasteiger partial charge in [0.1, 0.15) is 0 Å². The molecule has 3 heterocycles. The van der Waals surface area contributed by atoms with Crippen molar-refractivity contribution < 1.29 is 14.2 Å². The first-order chi connectivity index (χ1) is 9.39. The first-order valence-electron chi connectivity index (χ1n) is 7.81. The Balaban J connectivity index is 0.000000143. The molecule has 114 valence electrons. The smallest absolute Gasteiger partial charge is 0.0594 e. The summed E-state index contributed by atoms with van der Waals surface area (Å²) in [5, 5.41) is 0. The number of hydrogen-bond donors (Lipinski definition) is 0. The van der Waals surface area contributed by atoms with Crippen molar-refractivity contribution in [3.05, 3.63) is 0 Å². The van der Waals surface area contributed by atoms with Crippen molar-refractivity contribution in [2.45, 2.75) is 38.5 Å². The standard InChI is InChI=1S/C5H11NO.2C5H10O/c1-6-2-4-7-5-3-6;2*1-2-4-6-5-3-1/h2-5H2,1H3;2*1-5H2. The van der Waals surface area contributed by atoms with Gasteiger partial charge in [-0.15, -0.1) is 0 Å². The van der Waals surface area contributed by atoms with E-state index in [2.05, 4.69) is 11.9 Å². The predicted octanol–water partition coefficient (Wildman–Crippen LogP) is 2.32. The summed E-state index contributed by atoms with van der Waals surface area (Å²) >= 11 is 0. The van der Waals surface area contributed by atoms with Crippen LogP contribution in [0.15, 0.2) is 0 Å². The molecule has 0 aromatic heterocycles. The maximum Gasteiger partial charge on any atom is 0.0594 e. The minimum atomic E-state index is 0.913. The van der Waals surface area contributed by atoms with E-state index in [4.69, 9.17) is 14.2 Å². The highest BCUT2D eigenvalue weighted by Crippen LogP contribution is 2.02. The lowest BCUT2D eigenvalue weighted by molar-refractivity contribution is 0.0503. The molecule has 0 aliphatic carbocycles. The molecule has 0 aromatic rings. The van der Waals surface area contributed by atoms with Crippen LogP contribution in [0.5, 0.6) is 0 Å². The van der Waals surface area contributed by atoms with Gasteiger partial charge in [0, 0.05) is 39.5 Å². The Morgan fingerprint density at radius 1 is 0.526 bits per heavy atom. The van der Waals surface area contributed by atoms with Crippen molar-refractivity contribution in [1.82, 2.24) is 4.90 Å². The molecule has 4 heteroatoms. The van der Waals surface area contributed by atoms with Gasteiger partial charge in [-0.25, -0.2) is 0 Å². The molecule has 0 bridgehead atoms. The van der Waals surface area contributed by atoms with E-state index < -0.39 is 0 Å². The van der Waals surface area contributed by atoms with E-state index >= 15 is 0 Å². The van der Waals surface area contributed by atoms with Gasteiger partial charge in [-0.05, 0) is 45.6 Å². The van der Waals surface area contributed by atoms with Crippen LogP contribution in [0.2, 0.25) is 0 Å². The Morgan fingerprint density at radius 2 is 0.895 bits per heavy atom. The van der Waals surface area contributed by atoms with Crippen LogP contribution in [0.1, 0.15) is 38.5 Å². The van der Waals surface area contributed by atoms with E-state index in [1.165, 1.54) is 38.5 Å². The highest BCUT2D eigenvalue weighted by Gasteiger charge is 2.02. The van der Waals surface area contributed by atoms with Crippen LogP contribution in [-0.4, -0.2) is 64.7 Å². The Labute approximate surface area is 118 Å². The van der Waals surface area contributed by atoms with Crippen LogP contribution in [0.25, 0.3) is 0 Å². The molecule has 0 N–H and O–H groups in total. The fourth-order valence-electron chi connectivity index (χ4n) is 2.03. The Morgan fingerprint density at radius 3 is 1.05 bits per heavy atom. The second-order valence-electron chi connectivity index (χ2n) is 5.26. The molecule has 3 saturated heterocycles. The summed E-state index contributed by atoms with van der Waals surface area (Å²) in [4.78, 5) is 2.27. The number of hydrogen-bond acceptors (Lipinski definition) is 4. The zero-order valence-corrected chi connectivity index (χ0v) is 12.6. The molecule has 0 unspecified atom stereocenters. The summed E-state index contributed by atoms with van der Waals surface area (Å²) in [5.74, 6) is 0. The molecule has 0 radical (unpaired) electrons. The maximum atomic E-state index is 5.10. The quantitative estimate of drug-likeness (QED) is 0.678. The monoisotopic (exact) mass is 273 g/mol. The fourth-order valence-corrected chi connectivity index (χ4v) is 2.03. The first kappa shape index (κ1) is 16.9. The van der Waals surface area contributed by atoms with Gasteiger partial charge in [0.2, 0.25) is 0 Å². The fraction of sp³-hybridized carbons (Fsp3) is 1.00. The first-order valence-corrected chi connectivity index (χ1v) is 7.81. The highest BCUT2D eigenvalue weighted by atomic mass is 16.5. The molecule has 0 amide bonds. The average molecular weight is 273 g/mol. The SMILES string of the molecule is C1CCOCC1.C1CCOCC1.CN1CCOCC1. The van der Waals surface area contributed by atoms with Crippen molar-refractivity contribution in [3.63, 3.8) is 0 Å². The summed E-state index contributed by atoms with van der Waals surface area (Å²) in [6.07, 6.45) is 7.86.